The summed E-state index contributed by atoms with van der Waals surface area (Å²) in [5.41, 5.74) is 2.66. The SMILES string of the molecule is Cc1ccc2cc3c(NS(=O)(=O)c4ccc(Br)cc4)nn(CC(C)C)c3nc2c1. The molecule has 4 aromatic rings. The van der Waals surface area contributed by atoms with Crippen LogP contribution in [-0.2, 0) is 16.6 Å². The molecule has 0 aliphatic rings. The summed E-state index contributed by atoms with van der Waals surface area (Å²) in [4.78, 5) is 4.96. The van der Waals surface area contributed by atoms with Crippen LogP contribution in [0.5, 0.6) is 0 Å². The largest absolute Gasteiger partial charge is 0.263 e. The first-order chi connectivity index (χ1) is 13.7. The van der Waals surface area contributed by atoms with Gasteiger partial charge in [-0.1, -0.05) is 41.9 Å². The number of sulfonamides is 1. The molecular formula is C21H21BrN4O2S. The Balaban J connectivity index is 1.86. The number of hydrogen-bond donors (Lipinski definition) is 1. The van der Waals surface area contributed by atoms with E-state index in [2.05, 4.69) is 39.6 Å². The highest BCUT2D eigenvalue weighted by atomic mass is 79.9. The van der Waals surface area contributed by atoms with Gasteiger partial charge >= 0.3 is 0 Å². The van der Waals surface area contributed by atoms with Crippen LogP contribution in [0.3, 0.4) is 0 Å². The molecule has 0 saturated heterocycles. The molecule has 0 aliphatic heterocycles. The van der Waals surface area contributed by atoms with Gasteiger partial charge in [-0.3, -0.25) is 4.72 Å². The number of aryl methyl sites for hydroxylation is 1. The second-order valence-corrected chi connectivity index (χ2v) is 10.1. The van der Waals surface area contributed by atoms with Crippen molar-refractivity contribution in [2.75, 3.05) is 4.72 Å². The predicted octanol–water partition coefficient (Wildman–Crippen LogP) is 5.11. The fourth-order valence-electron chi connectivity index (χ4n) is 3.21. The zero-order chi connectivity index (χ0) is 20.8. The Morgan fingerprint density at radius 1 is 1.10 bits per heavy atom. The molecule has 2 heterocycles. The van der Waals surface area contributed by atoms with Gasteiger partial charge in [-0.05, 0) is 54.8 Å². The van der Waals surface area contributed by atoms with Gasteiger partial charge in [0.15, 0.2) is 11.5 Å². The Labute approximate surface area is 178 Å². The fraction of sp³-hybridized carbons (Fsp3) is 0.238. The summed E-state index contributed by atoms with van der Waals surface area (Å²) in [6.45, 7) is 6.84. The molecule has 0 atom stereocenters. The highest BCUT2D eigenvalue weighted by molar-refractivity contribution is 9.10. The molecule has 2 aromatic heterocycles. The Morgan fingerprint density at radius 2 is 1.83 bits per heavy atom. The van der Waals surface area contributed by atoms with Gasteiger partial charge in [0.2, 0.25) is 0 Å². The van der Waals surface area contributed by atoms with E-state index in [1.807, 2.05) is 31.2 Å². The molecule has 4 rings (SSSR count). The van der Waals surface area contributed by atoms with Crippen LogP contribution in [0.15, 0.2) is 57.9 Å². The summed E-state index contributed by atoms with van der Waals surface area (Å²) < 4.78 is 31.0. The smallest absolute Gasteiger partial charge is 0.261 e. The lowest BCUT2D eigenvalue weighted by molar-refractivity contribution is 0.494. The normalized spacial score (nSPS) is 12.2. The lowest BCUT2D eigenvalue weighted by Crippen LogP contribution is -2.14. The number of pyridine rings is 1. The van der Waals surface area contributed by atoms with E-state index in [1.165, 1.54) is 0 Å². The quantitative estimate of drug-likeness (QED) is 0.437. The van der Waals surface area contributed by atoms with Gasteiger partial charge in [0.05, 0.1) is 15.8 Å². The first-order valence-electron chi connectivity index (χ1n) is 9.29. The third-order valence-electron chi connectivity index (χ3n) is 4.57. The minimum absolute atomic E-state index is 0.177. The van der Waals surface area contributed by atoms with Crippen LogP contribution >= 0.6 is 15.9 Å². The summed E-state index contributed by atoms with van der Waals surface area (Å²) >= 11 is 3.33. The molecule has 0 saturated carbocycles. The standard InChI is InChI=1S/C21H21BrN4O2S/c1-13(2)12-26-21-18(11-15-5-4-14(3)10-19(15)23-21)20(24-26)25-29(27,28)17-8-6-16(22)7-9-17/h4-11,13H,12H2,1-3H3,(H,24,25). The number of halogens is 1. The predicted molar refractivity (Wildman–Crippen MR) is 120 cm³/mol. The van der Waals surface area contributed by atoms with Crippen LogP contribution in [0.2, 0.25) is 0 Å². The Bertz CT molecular complexity index is 1310. The monoisotopic (exact) mass is 472 g/mol. The third-order valence-corrected chi connectivity index (χ3v) is 6.45. The maximum Gasteiger partial charge on any atom is 0.263 e. The zero-order valence-electron chi connectivity index (χ0n) is 16.3. The minimum Gasteiger partial charge on any atom is -0.261 e. The van der Waals surface area contributed by atoms with Gasteiger partial charge in [-0.25, -0.2) is 18.1 Å². The molecule has 0 fully saturated rings. The van der Waals surface area contributed by atoms with Crippen LogP contribution in [-0.4, -0.2) is 23.2 Å². The molecule has 29 heavy (non-hydrogen) atoms. The Kier molecular flexibility index (Phi) is 5.08. The molecule has 8 heteroatoms. The van der Waals surface area contributed by atoms with Crippen molar-refractivity contribution in [2.45, 2.75) is 32.2 Å². The summed E-state index contributed by atoms with van der Waals surface area (Å²) in [5, 5.41) is 6.18. The minimum atomic E-state index is -3.77. The highest BCUT2D eigenvalue weighted by Crippen LogP contribution is 2.29. The van der Waals surface area contributed by atoms with Gasteiger partial charge in [0.1, 0.15) is 0 Å². The third kappa shape index (κ3) is 4.00. The molecule has 6 nitrogen and oxygen atoms in total. The lowest BCUT2D eigenvalue weighted by Gasteiger charge is -2.06. The van der Waals surface area contributed by atoms with Gasteiger partial charge < -0.3 is 0 Å². The number of nitrogens with zero attached hydrogens (tertiary/aromatic N) is 3. The summed E-state index contributed by atoms with van der Waals surface area (Å²) in [5.74, 6) is 0.627. The lowest BCUT2D eigenvalue weighted by atomic mass is 10.1. The van der Waals surface area contributed by atoms with Gasteiger partial charge in [-0.2, -0.15) is 5.10 Å². The number of hydrogen-bond acceptors (Lipinski definition) is 4. The average Bonchev–Trinajstić information content (AvgIpc) is 2.95. The van der Waals surface area contributed by atoms with E-state index in [9.17, 15) is 8.42 Å². The topological polar surface area (TPSA) is 76.9 Å². The van der Waals surface area contributed by atoms with E-state index in [1.54, 1.807) is 28.9 Å². The van der Waals surface area contributed by atoms with E-state index in [0.717, 1.165) is 20.9 Å². The number of benzene rings is 2. The molecule has 150 valence electrons. The average molecular weight is 473 g/mol. The maximum atomic E-state index is 12.9. The van der Waals surface area contributed by atoms with E-state index in [0.29, 0.717) is 29.3 Å². The van der Waals surface area contributed by atoms with Crippen LogP contribution in [0, 0.1) is 12.8 Å². The van der Waals surface area contributed by atoms with E-state index < -0.39 is 10.0 Å². The van der Waals surface area contributed by atoms with Crippen molar-refractivity contribution in [3.8, 4) is 0 Å². The molecule has 0 bridgehead atoms. The molecule has 0 amide bonds. The van der Waals surface area contributed by atoms with Crippen molar-refractivity contribution in [1.29, 1.82) is 0 Å². The van der Waals surface area contributed by atoms with Crippen molar-refractivity contribution in [2.24, 2.45) is 5.92 Å². The van der Waals surface area contributed by atoms with Crippen LogP contribution < -0.4 is 4.72 Å². The first kappa shape index (κ1) is 19.8. The van der Waals surface area contributed by atoms with Crippen LogP contribution in [0.1, 0.15) is 19.4 Å². The van der Waals surface area contributed by atoms with Crippen LogP contribution in [0.25, 0.3) is 21.9 Å². The van der Waals surface area contributed by atoms with E-state index in [-0.39, 0.29) is 4.90 Å². The number of anilines is 1. The molecule has 1 N–H and O–H groups in total. The van der Waals surface area contributed by atoms with Gasteiger partial charge in [-0.15, -0.1) is 0 Å². The number of aromatic nitrogens is 3. The van der Waals surface area contributed by atoms with Gasteiger partial charge in [0, 0.05) is 16.4 Å². The fourth-order valence-corrected chi connectivity index (χ4v) is 4.49. The van der Waals surface area contributed by atoms with E-state index >= 15 is 0 Å². The second-order valence-electron chi connectivity index (χ2n) is 7.54. The molecule has 0 radical (unpaired) electrons. The first-order valence-corrected chi connectivity index (χ1v) is 11.6. The molecule has 0 spiro atoms. The second kappa shape index (κ2) is 7.42. The molecule has 2 aromatic carbocycles. The van der Waals surface area contributed by atoms with Gasteiger partial charge in [0.25, 0.3) is 10.0 Å². The summed E-state index contributed by atoms with van der Waals surface area (Å²) in [6, 6.07) is 14.5. The van der Waals surface area contributed by atoms with Crippen molar-refractivity contribution < 1.29 is 8.42 Å². The highest BCUT2D eigenvalue weighted by Gasteiger charge is 2.20. The molecular weight excluding hydrogens is 452 g/mol. The Morgan fingerprint density at radius 3 is 2.52 bits per heavy atom. The van der Waals surface area contributed by atoms with Crippen LogP contribution in [0.4, 0.5) is 5.82 Å². The van der Waals surface area contributed by atoms with Crippen molar-refractivity contribution in [3.63, 3.8) is 0 Å². The van der Waals surface area contributed by atoms with Crippen molar-refractivity contribution >= 4 is 53.7 Å². The zero-order valence-corrected chi connectivity index (χ0v) is 18.8. The number of fused-ring (bicyclic) bond motifs is 2. The Hall–Kier alpha value is -2.45. The maximum absolute atomic E-state index is 12.9. The number of nitrogens with one attached hydrogen (secondary N) is 1. The van der Waals surface area contributed by atoms with Crippen molar-refractivity contribution in [3.05, 3.63) is 58.6 Å². The van der Waals surface area contributed by atoms with Crippen molar-refractivity contribution in [1.82, 2.24) is 14.8 Å². The summed E-state index contributed by atoms with van der Waals surface area (Å²) in [7, 11) is -3.77. The molecule has 0 aliphatic carbocycles. The molecule has 0 unspecified atom stereocenters. The van der Waals surface area contributed by atoms with E-state index in [4.69, 9.17) is 4.98 Å². The summed E-state index contributed by atoms with van der Waals surface area (Å²) in [6.07, 6.45) is 0. The number of rotatable bonds is 5.